The quantitative estimate of drug-likeness (QED) is 0.494. The Labute approximate surface area is 113 Å². The summed E-state index contributed by atoms with van der Waals surface area (Å²) in [5.41, 5.74) is 8.37. The smallest absolute Gasteiger partial charge is 0.0462 e. The van der Waals surface area contributed by atoms with Gasteiger partial charge in [-0.3, -0.25) is 0 Å². The second-order valence-corrected chi connectivity index (χ2v) is 5.77. The van der Waals surface area contributed by atoms with E-state index in [0.717, 1.165) is 6.42 Å². The zero-order valence-electron chi connectivity index (χ0n) is 11.3. The highest BCUT2D eigenvalue weighted by Crippen LogP contribution is 2.42. The van der Waals surface area contributed by atoms with Crippen LogP contribution >= 0.6 is 0 Å². The molecule has 19 heavy (non-hydrogen) atoms. The molecule has 1 aliphatic carbocycles. The molecule has 0 fully saturated rings. The van der Waals surface area contributed by atoms with Crippen LogP contribution < -0.4 is 0 Å². The van der Waals surface area contributed by atoms with Crippen molar-refractivity contribution < 1.29 is 0 Å². The molecule has 0 bridgehead atoms. The van der Waals surface area contributed by atoms with E-state index < -0.39 is 0 Å². The van der Waals surface area contributed by atoms with Gasteiger partial charge in [0.25, 0.3) is 0 Å². The van der Waals surface area contributed by atoms with Crippen molar-refractivity contribution in [1.29, 1.82) is 0 Å². The van der Waals surface area contributed by atoms with Gasteiger partial charge in [0, 0.05) is 28.6 Å². The molecule has 0 unspecified atom stereocenters. The minimum absolute atomic E-state index is 0.583. The Morgan fingerprint density at radius 3 is 2.74 bits per heavy atom. The van der Waals surface area contributed by atoms with Crippen LogP contribution in [0, 0.1) is 0 Å². The highest BCUT2D eigenvalue weighted by atomic mass is 14.7. The molecule has 1 aromatic heterocycles. The molecule has 1 nitrogen and oxygen atoms in total. The zero-order chi connectivity index (χ0) is 13.0. The summed E-state index contributed by atoms with van der Waals surface area (Å²) >= 11 is 0. The van der Waals surface area contributed by atoms with E-state index in [9.17, 15) is 0 Å². The lowest BCUT2D eigenvalue weighted by Gasteiger charge is -2.08. The molecule has 0 spiro atoms. The Hall–Kier alpha value is -2.02. The van der Waals surface area contributed by atoms with Crippen LogP contribution in [0.3, 0.4) is 0 Å². The van der Waals surface area contributed by atoms with E-state index in [1.807, 2.05) is 0 Å². The second-order valence-electron chi connectivity index (χ2n) is 5.77. The Morgan fingerprint density at radius 2 is 1.89 bits per heavy atom. The fraction of sp³-hybridized carbons (Fsp3) is 0.222. The van der Waals surface area contributed by atoms with E-state index >= 15 is 0 Å². The van der Waals surface area contributed by atoms with E-state index in [1.54, 1.807) is 0 Å². The van der Waals surface area contributed by atoms with Gasteiger partial charge in [0.2, 0.25) is 0 Å². The lowest BCUT2D eigenvalue weighted by molar-refractivity contribution is 0.866. The van der Waals surface area contributed by atoms with Crippen LogP contribution in [-0.2, 0) is 6.42 Å². The van der Waals surface area contributed by atoms with Crippen molar-refractivity contribution in [3.05, 3.63) is 59.3 Å². The molecule has 0 aliphatic heterocycles. The van der Waals surface area contributed by atoms with Crippen molar-refractivity contribution in [2.45, 2.75) is 26.2 Å². The minimum atomic E-state index is 0.583. The van der Waals surface area contributed by atoms with Gasteiger partial charge >= 0.3 is 0 Å². The van der Waals surface area contributed by atoms with Crippen molar-refractivity contribution >= 4 is 10.9 Å². The molecule has 1 N–H and O–H groups in total. The zero-order valence-corrected chi connectivity index (χ0v) is 11.3. The van der Waals surface area contributed by atoms with Crippen LogP contribution in [0.2, 0.25) is 0 Å². The van der Waals surface area contributed by atoms with E-state index in [4.69, 9.17) is 0 Å². The first-order valence-corrected chi connectivity index (χ1v) is 6.97. The summed E-state index contributed by atoms with van der Waals surface area (Å²) in [7, 11) is 0. The third kappa shape index (κ3) is 1.48. The van der Waals surface area contributed by atoms with Gasteiger partial charge in [-0.2, -0.15) is 0 Å². The molecule has 1 heterocycles. The number of nitrogens with one attached hydrogen (secondary N) is 1. The normalized spacial score (nSPS) is 13.0. The van der Waals surface area contributed by atoms with Gasteiger partial charge in [-0.05, 0) is 28.7 Å². The Morgan fingerprint density at radius 1 is 1.05 bits per heavy atom. The lowest BCUT2D eigenvalue weighted by atomic mass is 9.96. The maximum Gasteiger partial charge on any atom is 0.0462 e. The first-order chi connectivity index (χ1) is 9.24. The van der Waals surface area contributed by atoms with E-state index in [2.05, 4.69) is 61.3 Å². The number of benzene rings is 2. The fourth-order valence-corrected chi connectivity index (χ4v) is 3.17. The Bertz CT molecular complexity index is 777. The molecule has 0 radical (unpaired) electrons. The van der Waals surface area contributed by atoms with Crippen LogP contribution in [0.4, 0.5) is 0 Å². The van der Waals surface area contributed by atoms with Gasteiger partial charge in [0.05, 0.1) is 0 Å². The third-order valence-electron chi connectivity index (χ3n) is 4.22. The number of hydrogen-bond donors (Lipinski definition) is 1. The van der Waals surface area contributed by atoms with Crippen LogP contribution in [-0.4, -0.2) is 4.98 Å². The predicted molar refractivity (Wildman–Crippen MR) is 80.6 cm³/mol. The number of rotatable bonds is 1. The fourth-order valence-electron chi connectivity index (χ4n) is 3.17. The molecule has 94 valence electrons. The van der Waals surface area contributed by atoms with Crippen LogP contribution in [0.5, 0.6) is 0 Å². The molecule has 0 saturated carbocycles. The summed E-state index contributed by atoms with van der Waals surface area (Å²) in [4.78, 5) is 3.57. The van der Waals surface area contributed by atoms with Crippen LogP contribution in [0.15, 0.2) is 42.5 Å². The Balaban J connectivity index is 2.02. The van der Waals surface area contributed by atoms with Crippen molar-refractivity contribution in [2.75, 3.05) is 0 Å². The summed E-state index contributed by atoms with van der Waals surface area (Å²) in [5, 5.41) is 1.36. The predicted octanol–water partition coefficient (Wildman–Crippen LogP) is 4.86. The average molecular weight is 247 g/mol. The van der Waals surface area contributed by atoms with E-state index in [-0.39, 0.29) is 0 Å². The first-order valence-electron chi connectivity index (χ1n) is 6.97. The van der Waals surface area contributed by atoms with Gasteiger partial charge in [0.1, 0.15) is 0 Å². The van der Waals surface area contributed by atoms with Gasteiger partial charge in [-0.1, -0.05) is 50.2 Å². The largest absolute Gasteiger partial charge is 0.358 e. The number of hydrogen-bond acceptors (Lipinski definition) is 0. The number of H-pyrrole nitrogens is 1. The number of fused-ring (bicyclic) bond motifs is 5. The van der Waals surface area contributed by atoms with Crippen molar-refractivity contribution in [3.8, 4) is 11.1 Å². The molecule has 2 aromatic carbocycles. The van der Waals surface area contributed by atoms with Gasteiger partial charge < -0.3 is 4.98 Å². The summed E-state index contributed by atoms with van der Waals surface area (Å²) in [6.45, 7) is 4.51. The van der Waals surface area contributed by atoms with Gasteiger partial charge in [-0.25, -0.2) is 0 Å². The van der Waals surface area contributed by atoms with E-state index in [0.29, 0.717) is 5.92 Å². The average Bonchev–Trinajstić information content (AvgIpc) is 2.92. The molecule has 0 saturated heterocycles. The SMILES string of the molecule is CC(C)c1ccc2c(c1)-c1c([nH]c3ccccc13)C2. The summed E-state index contributed by atoms with van der Waals surface area (Å²) in [5.74, 6) is 0.583. The lowest BCUT2D eigenvalue weighted by Crippen LogP contribution is -1.89. The number of aromatic amines is 1. The third-order valence-corrected chi connectivity index (χ3v) is 4.22. The van der Waals surface area contributed by atoms with Gasteiger partial charge in [-0.15, -0.1) is 0 Å². The molecule has 1 aliphatic rings. The first kappa shape index (κ1) is 10.9. The standard InChI is InChI=1S/C18H17N/c1-11(2)12-7-8-13-10-17-18(15(13)9-12)14-5-3-4-6-16(14)19-17/h3-9,11,19H,10H2,1-2H3. The van der Waals surface area contributed by atoms with Crippen LogP contribution in [0.1, 0.15) is 36.6 Å². The minimum Gasteiger partial charge on any atom is -0.358 e. The molecule has 4 rings (SSSR count). The summed E-state index contributed by atoms with van der Waals surface area (Å²) in [6, 6.07) is 15.6. The maximum absolute atomic E-state index is 3.57. The van der Waals surface area contributed by atoms with E-state index in [1.165, 1.54) is 38.9 Å². The molecule has 3 aromatic rings. The molecule has 0 amide bonds. The van der Waals surface area contributed by atoms with Crippen LogP contribution in [0.25, 0.3) is 22.0 Å². The maximum atomic E-state index is 3.57. The molecular formula is C18H17N. The highest BCUT2D eigenvalue weighted by Gasteiger charge is 2.23. The second kappa shape index (κ2) is 3.74. The summed E-state index contributed by atoms with van der Waals surface area (Å²) in [6.07, 6.45) is 1.04. The topological polar surface area (TPSA) is 15.8 Å². The van der Waals surface area contributed by atoms with Gasteiger partial charge in [0.15, 0.2) is 0 Å². The molecule has 0 atom stereocenters. The molecule has 1 heteroatoms. The van der Waals surface area contributed by atoms with Crippen molar-refractivity contribution in [2.24, 2.45) is 0 Å². The number of aromatic nitrogens is 1. The summed E-state index contributed by atoms with van der Waals surface area (Å²) < 4.78 is 0. The van der Waals surface area contributed by atoms with Crippen molar-refractivity contribution in [3.63, 3.8) is 0 Å². The molecular weight excluding hydrogens is 230 g/mol. The Kier molecular flexibility index (Phi) is 2.14. The highest BCUT2D eigenvalue weighted by molar-refractivity contribution is 6.00. The van der Waals surface area contributed by atoms with Crippen molar-refractivity contribution in [1.82, 2.24) is 4.98 Å². The number of para-hydroxylation sites is 1. The monoisotopic (exact) mass is 247 g/mol.